The van der Waals surface area contributed by atoms with E-state index in [1.165, 1.54) is 0 Å². The van der Waals surface area contributed by atoms with Gasteiger partial charge in [0.05, 0.1) is 0 Å². The van der Waals surface area contributed by atoms with E-state index in [2.05, 4.69) is 10.3 Å². The topological polar surface area (TPSA) is 72.4 Å². The van der Waals surface area contributed by atoms with Gasteiger partial charge >= 0.3 is 0 Å². The number of nitrogens with one attached hydrogen (secondary N) is 1. The molecule has 0 saturated carbocycles. The lowest BCUT2D eigenvalue weighted by atomic mass is 10.1. The highest BCUT2D eigenvalue weighted by Gasteiger charge is 2.09. The predicted molar refractivity (Wildman–Crippen MR) is 94.7 cm³/mol. The van der Waals surface area contributed by atoms with E-state index in [1.807, 2.05) is 26.8 Å². The fourth-order valence-electron chi connectivity index (χ4n) is 1.66. The van der Waals surface area contributed by atoms with Gasteiger partial charge in [-0.05, 0) is 39.7 Å². The Morgan fingerprint density at radius 1 is 1.35 bits per heavy atom. The second-order valence-electron chi connectivity index (χ2n) is 5.58. The lowest BCUT2D eigenvalue weighted by Crippen LogP contribution is -2.45. The summed E-state index contributed by atoms with van der Waals surface area (Å²) in [6.07, 6.45) is 3.63. The highest BCUT2D eigenvalue weighted by molar-refractivity contribution is 14.0. The Hall–Kier alpha value is -1.05. The van der Waals surface area contributed by atoms with Crippen LogP contribution in [0.5, 0.6) is 0 Å². The molecule has 114 valence electrons. The zero-order valence-electron chi connectivity index (χ0n) is 12.4. The number of unbranched alkanes of at least 4 members (excludes halogenated alkanes) is 1. The fourth-order valence-corrected chi connectivity index (χ4v) is 1.66. The van der Waals surface area contributed by atoms with Crippen LogP contribution in [0.1, 0.15) is 33.6 Å². The lowest BCUT2D eigenvalue weighted by molar-refractivity contribution is 0.507. The average molecular weight is 392 g/mol. The molecular formula is C14H25IN4O. The van der Waals surface area contributed by atoms with Crippen molar-refractivity contribution in [3.8, 4) is 0 Å². The van der Waals surface area contributed by atoms with Crippen molar-refractivity contribution in [2.24, 2.45) is 10.7 Å². The minimum atomic E-state index is -0.0646. The van der Waals surface area contributed by atoms with Crippen LogP contribution >= 0.6 is 24.0 Å². The summed E-state index contributed by atoms with van der Waals surface area (Å²) in [5.41, 5.74) is 5.74. The minimum Gasteiger partial charge on any atom is -0.370 e. The molecule has 0 bridgehead atoms. The van der Waals surface area contributed by atoms with Gasteiger partial charge < -0.3 is 15.6 Å². The lowest BCUT2D eigenvalue weighted by Gasteiger charge is -2.20. The summed E-state index contributed by atoms with van der Waals surface area (Å²) < 4.78 is 1.71. The Balaban J connectivity index is 0.00000361. The molecular weight excluding hydrogens is 367 g/mol. The zero-order valence-corrected chi connectivity index (χ0v) is 14.8. The highest BCUT2D eigenvalue weighted by Crippen LogP contribution is 1.98. The molecule has 0 fully saturated rings. The van der Waals surface area contributed by atoms with Crippen molar-refractivity contribution in [3.63, 3.8) is 0 Å². The molecule has 0 unspecified atom stereocenters. The molecule has 5 nitrogen and oxygen atoms in total. The molecule has 3 N–H and O–H groups in total. The normalized spacial score (nSPS) is 11.8. The Kier molecular flexibility index (Phi) is 8.52. The van der Waals surface area contributed by atoms with E-state index in [0.29, 0.717) is 12.5 Å². The zero-order chi connectivity index (χ0) is 14.3. The SMILES string of the molecule is CC(C)(C)NC(N)=NCCCCn1ccccc1=O.I. The van der Waals surface area contributed by atoms with Gasteiger partial charge in [-0.25, -0.2) is 0 Å². The van der Waals surface area contributed by atoms with Crippen molar-refractivity contribution in [2.75, 3.05) is 6.54 Å². The Bertz CT molecular complexity index is 477. The Morgan fingerprint density at radius 3 is 2.65 bits per heavy atom. The maximum absolute atomic E-state index is 11.5. The van der Waals surface area contributed by atoms with Gasteiger partial charge in [0.15, 0.2) is 5.96 Å². The molecule has 1 aromatic rings. The van der Waals surface area contributed by atoms with Crippen LogP contribution in [0.4, 0.5) is 0 Å². The summed E-state index contributed by atoms with van der Waals surface area (Å²) in [7, 11) is 0. The molecule has 0 atom stereocenters. The number of nitrogens with zero attached hydrogens (tertiary/aromatic N) is 2. The van der Waals surface area contributed by atoms with Gasteiger partial charge in [-0.2, -0.15) is 0 Å². The summed E-state index contributed by atoms with van der Waals surface area (Å²) in [6, 6.07) is 5.19. The summed E-state index contributed by atoms with van der Waals surface area (Å²) >= 11 is 0. The first-order chi connectivity index (χ1) is 8.88. The van der Waals surface area contributed by atoms with Gasteiger partial charge in [-0.1, -0.05) is 6.07 Å². The van der Waals surface area contributed by atoms with Crippen LogP contribution in [0, 0.1) is 0 Å². The molecule has 1 aromatic heterocycles. The van der Waals surface area contributed by atoms with Gasteiger partial charge in [-0.3, -0.25) is 9.79 Å². The minimum absolute atomic E-state index is 0. The van der Waals surface area contributed by atoms with E-state index >= 15 is 0 Å². The van der Waals surface area contributed by atoms with Crippen molar-refractivity contribution >= 4 is 29.9 Å². The molecule has 0 radical (unpaired) electrons. The van der Waals surface area contributed by atoms with Crippen LogP contribution in [0.3, 0.4) is 0 Å². The molecule has 6 heteroatoms. The summed E-state index contributed by atoms with van der Waals surface area (Å²) in [4.78, 5) is 15.7. The fraction of sp³-hybridized carbons (Fsp3) is 0.571. The van der Waals surface area contributed by atoms with Crippen molar-refractivity contribution < 1.29 is 0 Å². The van der Waals surface area contributed by atoms with Gasteiger partial charge in [0.25, 0.3) is 0 Å². The quantitative estimate of drug-likeness (QED) is 0.348. The standard InChI is InChI=1S/C14H24N4O.HI/c1-14(2,3)17-13(15)16-9-5-7-11-18-10-6-4-8-12(18)19;/h4,6,8,10H,5,7,9,11H2,1-3H3,(H3,15,16,17);1H. The molecule has 0 spiro atoms. The number of pyridine rings is 1. The van der Waals surface area contributed by atoms with Crippen molar-refractivity contribution in [1.82, 2.24) is 9.88 Å². The van der Waals surface area contributed by atoms with Crippen LogP contribution in [0.25, 0.3) is 0 Å². The molecule has 1 heterocycles. The van der Waals surface area contributed by atoms with E-state index in [9.17, 15) is 4.79 Å². The first kappa shape index (κ1) is 18.9. The number of aromatic nitrogens is 1. The van der Waals surface area contributed by atoms with Crippen LogP contribution < -0.4 is 16.6 Å². The Labute approximate surface area is 137 Å². The number of hydrogen-bond donors (Lipinski definition) is 2. The molecule has 0 amide bonds. The summed E-state index contributed by atoms with van der Waals surface area (Å²) in [5.74, 6) is 0.476. The van der Waals surface area contributed by atoms with E-state index < -0.39 is 0 Å². The maximum Gasteiger partial charge on any atom is 0.250 e. The molecule has 0 aromatic carbocycles. The number of guanidine groups is 1. The third-order valence-corrected chi connectivity index (χ3v) is 2.49. The maximum atomic E-state index is 11.5. The molecule has 0 aliphatic heterocycles. The van der Waals surface area contributed by atoms with E-state index in [0.717, 1.165) is 19.4 Å². The van der Waals surface area contributed by atoms with E-state index in [1.54, 1.807) is 22.9 Å². The number of aryl methyl sites for hydroxylation is 1. The van der Waals surface area contributed by atoms with Crippen molar-refractivity contribution in [1.29, 1.82) is 0 Å². The van der Waals surface area contributed by atoms with E-state index in [-0.39, 0.29) is 35.1 Å². The smallest absolute Gasteiger partial charge is 0.250 e. The monoisotopic (exact) mass is 392 g/mol. The number of aliphatic imine (C=N–C) groups is 1. The van der Waals surface area contributed by atoms with Gasteiger partial charge in [0, 0.05) is 30.9 Å². The number of halogens is 1. The third kappa shape index (κ3) is 8.19. The summed E-state index contributed by atoms with van der Waals surface area (Å²) in [6.45, 7) is 7.52. The second-order valence-corrected chi connectivity index (χ2v) is 5.58. The van der Waals surface area contributed by atoms with Gasteiger partial charge in [-0.15, -0.1) is 24.0 Å². The second kappa shape index (κ2) is 8.99. The van der Waals surface area contributed by atoms with Crippen LogP contribution in [-0.2, 0) is 6.54 Å². The van der Waals surface area contributed by atoms with Gasteiger partial charge in [0.2, 0.25) is 5.56 Å². The van der Waals surface area contributed by atoms with Crippen molar-refractivity contribution in [3.05, 3.63) is 34.7 Å². The Morgan fingerprint density at radius 2 is 2.05 bits per heavy atom. The van der Waals surface area contributed by atoms with Crippen LogP contribution in [0.15, 0.2) is 34.2 Å². The molecule has 20 heavy (non-hydrogen) atoms. The molecule has 1 rings (SSSR count). The number of rotatable bonds is 5. The first-order valence-electron chi connectivity index (χ1n) is 6.62. The largest absolute Gasteiger partial charge is 0.370 e. The third-order valence-electron chi connectivity index (χ3n) is 2.49. The van der Waals surface area contributed by atoms with Crippen molar-refractivity contribution in [2.45, 2.75) is 45.7 Å². The first-order valence-corrected chi connectivity index (χ1v) is 6.62. The molecule has 0 saturated heterocycles. The number of nitrogens with two attached hydrogens (primary N) is 1. The van der Waals surface area contributed by atoms with Crippen LogP contribution in [0.2, 0.25) is 0 Å². The van der Waals surface area contributed by atoms with Crippen LogP contribution in [-0.4, -0.2) is 22.6 Å². The molecule has 0 aliphatic carbocycles. The van der Waals surface area contributed by atoms with E-state index in [4.69, 9.17) is 5.73 Å². The predicted octanol–water partition coefficient (Wildman–Crippen LogP) is 1.95. The number of hydrogen-bond acceptors (Lipinski definition) is 2. The highest BCUT2D eigenvalue weighted by atomic mass is 127. The van der Waals surface area contributed by atoms with Gasteiger partial charge in [0.1, 0.15) is 0 Å². The molecule has 0 aliphatic rings. The summed E-state index contributed by atoms with van der Waals surface area (Å²) in [5, 5.41) is 3.11. The average Bonchev–Trinajstić information content (AvgIpc) is 2.28.